The number of rotatable bonds is 5. The number of carbonyl (C=O) groups is 1. The Hall–Kier alpha value is -0.960. The second-order valence-electron chi connectivity index (χ2n) is 3.86. The number of nitrogens with zero attached hydrogens (tertiary/aromatic N) is 1. The lowest BCUT2D eigenvalue weighted by atomic mass is 10.4. The Kier molecular flexibility index (Phi) is 8.83. The fourth-order valence-corrected chi connectivity index (χ4v) is 0.800. The molecule has 0 saturated carbocycles. The average Bonchev–Trinajstić information content (AvgIpc) is 2.16. The fourth-order valence-electron chi connectivity index (χ4n) is 0.511. The normalized spacial score (nSPS) is 11.2. The molecule has 0 rings (SSSR count). The van der Waals surface area contributed by atoms with Gasteiger partial charge in [-0.3, -0.25) is 9.02 Å². The van der Waals surface area contributed by atoms with Crippen molar-refractivity contribution in [1.82, 2.24) is 0 Å². The van der Waals surface area contributed by atoms with E-state index in [1.165, 1.54) is 6.92 Å². The molecule has 0 unspecified atom stereocenters. The van der Waals surface area contributed by atoms with Crippen LogP contribution in [0.4, 0.5) is 0 Å². The molecule has 0 N–H and O–H groups in total. The molecule has 0 heterocycles. The zero-order valence-corrected chi connectivity index (χ0v) is 12.2. The maximum Gasteiger partial charge on any atom is 0.392 e. The van der Waals surface area contributed by atoms with Gasteiger partial charge in [-0.25, -0.2) is 13.2 Å². The summed E-state index contributed by atoms with van der Waals surface area (Å²) in [4.78, 5) is 16.0. The third-order valence-electron chi connectivity index (χ3n) is 1.70. The molecule has 0 radical (unpaired) electrons. The molecular formula is C10H21NO6S. The lowest BCUT2D eigenvalue weighted by Gasteiger charge is -2.23. The van der Waals surface area contributed by atoms with Gasteiger partial charge in [-0.2, -0.15) is 0 Å². The predicted octanol–water partition coefficient (Wildman–Crippen LogP) is 0.600. The zero-order chi connectivity index (χ0) is 15.0. The predicted molar refractivity (Wildman–Crippen MR) is 64.9 cm³/mol. The topological polar surface area (TPSA) is 92.7 Å². The van der Waals surface area contributed by atoms with E-state index in [0.29, 0.717) is 5.57 Å². The zero-order valence-electron chi connectivity index (χ0n) is 11.4. The van der Waals surface area contributed by atoms with Gasteiger partial charge in [-0.1, -0.05) is 6.58 Å². The summed E-state index contributed by atoms with van der Waals surface area (Å²) >= 11 is 0. The number of hydrogen-bond donors (Lipinski definition) is 0. The Balaban J connectivity index is 0. The average molecular weight is 283 g/mol. The van der Waals surface area contributed by atoms with Crippen molar-refractivity contribution < 1.29 is 31.4 Å². The van der Waals surface area contributed by atoms with Crippen LogP contribution in [0.2, 0.25) is 0 Å². The van der Waals surface area contributed by atoms with Gasteiger partial charge in [0, 0.05) is 5.57 Å². The molecule has 0 aliphatic heterocycles. The van der Waals surface area contributed by atoms with Crippen molar-refractivity contribution in [3.8, 4) is 0 Å². The molecule has 0 aromatic rings. The first-order chi connectivity index (χ1) is 7.95. The van der Waals surface area contributed by atoms with E-state index in [2.05, 4.69) is 10.8 Å². The van der Waals surface area contributed by atoms with Crippen LogP contribution < -0.4 is 0 Å². The summed E-state index contributed by atoms with van der Waals surface area (Å²) in [5.41, 5.74) is 0.435. The van der Waals surface area contributed by atoms with Crippen LogP contribution in [-0.2, 0) is 24.2 Å². The van der Waals surface area contributed by atoms with Gasteiger partial charge in [0.1, 0.15) is 20.6 Å². The van der Waals surface area contributed by atoms with Gasteiger partial charge in [0.25, 0.3) is 0 Å². The van der Waals surface area contributed by atoms with E-state index in [-0.39, 0.29) is 17.2 Å². The SMILES string of the molecule is C=C(C)C(=O)O[N+](C)(C)CC.CCOS(=O)(=O)[O-]. The Morgan fingerprint density at radius 1 is 1.33 bits per heavy atom. The van der Waals surface area contributed by atoms with Crippen molar-refractivity contribution in [3.63, 3.8) is 0 Å². The van der Waals surface area contributed by atoms with E-state index in [9.17, 15) is 17.8 Å². The van der Waals surface area contributed by atoms with Crippen LogP contribution in [0.3, 0.4) is 0 Å². The molecule has 0 aliphatic carbocycles. The van der Waals surface area contributed by atoms with Crippen molar-refractivity contribution in [2.45, 2.75) is 20.8 Å². The lowest BCUT2D eigenvalue weighted by molar-refractivity contribution is -1.06. The Morgan fingerprint density at radius 3 is 1.94 bits per heavy atom. The van der Waals surface area contributed by atoms with Gasteiger partial charge >= 0.3 is 5.97 Å². The van der Waals surface area contributed by atoms with Crippen molar-refractivity contribution in [3.05, 3.63) is 12.2 Å². The molecule has 108 valence electrons. The van der Waals surface area contributed by atoms with Crippen molar-refractivity contribution in [2.24, 2.45) is 0 Å². The minimum absolute atomic E-state index is 0.0914. The fraction of sp³-hybridized carbons (Fsp3) is 0.700. The minimum atomic E-state index is -4.42. The molecule has 0 fully saturated rings. The second-order valence-corrected chi connectivity index (χ2v) is 4.92. The van der Waals surface area contributed by atoms with Crippen LogP contribution in [0, 0.1) is 0 Å². The molecule has 0 amide bonds. The highest BCUT2D eigenvalue weighted by atomic mass is 32.3. The smallest absolute Gasteiger partial charge is 0.392 e. The van der Waals surface area contributed by atoms with Gasteiger partial charge in [-0.15, -0.1) is 4.65 Å². The molecule has 0 spiro atoms. The van der Waals surface area contributed by atoms with E-state index in [1.54, 1.807) is 6.92 Å². The molecule has 0 aromatic heterocycles. The number of hydroxylamine groups is 3. The van der Waals surface area contributed by atoms with Gasteiger partial charge in [-0.05, 0) is 20.8 Å². The standard InChI is InChI=1S/C8H16NO2.C2H6O4S/c1-6-9(4,5)11-8(10)7(2)3;1-2-6-7(3,4)5/h2,6H2,1,3-5H3;2H2,1H3,(H,3,4,5)/q+1;/p-1. The first-order valence-electron chi connectivity index (χ1n) is 5.27. The van der Waals surface area contributed by atoms with E-state index < -0.39 is 10.4 Å². The molecule has 0 aromatic carbocycles. The molecule has 0 saturated heterocycles. The summed E-state index contributed by atoms with van der Waals surface area (Å²) in [5, 5.41) is 0. The molecule has 0 bridgehead atoms. The van der Waals surface area contributed by atoms with Crippen LogP contribution >= 0.6 is 0 Å². The van der Waals surface area contributed by atoms with Gasteiger partial charge in [0.2, 0.25) is 10.4 Å². The highest BCUT2D eigenvalue weighted by Gasteiger charge is 2.19. The third-order valence-corrected chi connectivity index (χ3v) is 2.23. The second kappa shape index (κ2) is 8.20. The van der Waals surface area contributed by atoms with Gasteiger partial charge in [0.05, 0.1) is 6.61 Å². The quantitative estimate of drug-likeness (QED) is 0.241. The largest absolute Gasteiger partial charge is 0.726 e. The van der Waals surface area contributed by atoms with Gasteiger partial charge in [0.15, 0.2) is 0 Å². The molecular weight excluding hydrogens is 262 g/mol. The van der Waals surface area contributed by atoms with Crippen molar-refractivity contribution >= 4 is 16.4 Å². The summed E-state index contributed by atoms with van der Waals surface area (Å²) in [5.74, 6) is -0.336. The number of quaternary nitrogens is 1. The van der Waals surface area contributed by atoms with Crippen LogP contribution in [0.25, 0.3) is 0 Å². The first kappa shape index (κ1) is 19.4. The number of carbonyl (C=O) groups excluding carboxylic acids is 1. The first-order valence-corrected chi connectivity index (χ1v) is 6.61. The maximum absolute atomic E-state index is 11.0. The maximum atomic E-state index is 11.0. The highest BCUT2D eigenvalue weighted by molar-refractivity contribution is 7.80. The van der Waals surface area contributed by atoms with E-state index in [0.717, 1.165) is 6.54 Å². The monoisotopic (exact) mass is 283 g/mol. The molecule has 7 nitrogen and oxygen atoms in total. The van der Waals surface area contributed by atoms with Crippen LogP contribution in [0.1, 0.15) is 20.8 Å². The van der Waals surface area contributed by atoms with Gasteiger partial charge < -0.3 is 4.55 Å². The lowest BCUT2D eigenvalue weighted by Crippen LogP contribution is -2.41. The summed E-state index contributed by atoms with van der Waals surface area (Å²) in [7, 11) is -0.784. The van der Waals surface area contributed by atoms with E-state index in [1.807, 2.05) is 21.0 Å². The Labute approximate surface area is 108 Å². The summed E-state index contributed by atoms with van der Waals surface area (Å²) < 4.78 is 32.2. The summed E-state index contributed by atoms with van der Waals surface area (Å²) in [6.45, 7) is 9.16. The van der Waals surface area contributed by atoms with Crippen LogP contribution in [0.5, 0.6) is 0 Å². The van der Waals surface area contributed by atoms with E-state index >= 15 is 0 Å². The molecule has 0 atom stereocenters. The summed E-state index contributed by atoms with van der Waals surface area (Å²) in [6, 6.07) is 0. The Morgan fingerprint density at radius 2 is 1.78 bits per heavy atom. The minimum Gasteiger partial charge on any atom is -0.726 e. The molecule has 18 heavy (non-hydrogen) atoms. The van der Waals surface area contributed by atoms with Crippen molar-refractivity contribution in [1.29, 1.82) is 0 Å². The summed E-state index contributed by atoms with van der Waals surface area (Å²) in [6.07, 6.45) is 0. The third kappa shape index (κ3) is 13.1. The molecule has 8 heteroatoms. The van der Waals surface area contributed by atoms with E-state index in [4.69, 9.17) is 4.84 Å². The van der Waals surface area contributed by atoms with Crippen molar-refractivity contribution in [2.75, 3.05) is 27.2 Å². The number of hydrogen-bond acceptors (Lipinski definition) is 6. The van der Waals surface area contributed by atoms with Crippen LogP contribution in [0.15, 0.2) is 12.2 Å². The Bertz CT molecular complexity index is 374. The molecule has 0 aliphatic rings. The van der Waals surface area contributed by atoms with Crippen LogP contribution in [-0.4, -0.2) is 50.8 Å². The highest BCUT2D eigenvalue weighted by Crippen LogP contribution is 2.02.